The number of hydrogen-bond acceptors (Lipinski definition) is 5. The van der Waals surface area contributed by atoms with E-state index in [1.165, 1.54) is 13.2 Å². The summed E-state index contributed by atoms with van der Waals surface area (Å²) in [6.45, 7) is 7.13. The topological polar surface area (TPSA) is 81.4 Å². The summed E-state index contributed by atoms with van der Waals surface area (Å²) in [7, 11) is 0. The van der Waals surface area contributed by atoms with Gasteiger partial charge in [0.15, 0.2) is 11.7 Å². The number of amides is 1. The van der Waals surface area contributed by atoms with E-state index in [2.05, 4.69) is 10.3 Å². The smallest absolute Gasteiger partial charge is 0.407 e. The van der Waals surface area contributed by atoms with E-state index in [4.69, 9.17) is 9.15 Å². The van der Waals surface area contributed by atoms with Crippen LogP contribution in [-0.2, 0) is 11.2 Å². The fraction of sp³-hybridized carbons (Fsp3) is 0.583. The van der Waals surface area contributed by atoms with Gasteiger partial charge in [-0.25, -0.2) is 9.78 Å². The summed E-state index contributed by atoms with van der Waals surface area (Å²) in [6.07, 6.45) is 1.23. The maximum Gasteiger partial charge on any atom is 0.407 e. The summed E-state index contributed by atoms with van der Waals surface area (Å²) in [5, 5.41) is 2.58. The molecule has 6 heteroatoms. The van der Waals surface area contributed by atoms with Crippen LogP contribution in [0.2, 0.25) is 0 Å². The van der Waals surface area contributed by atoms with Crippen molar-refractivity contribution in [3.05, 3.63) is 17.8 Å². The molecule has 1 aromatic rings. The summed E-state index contributed by atoms with van der Waals surface area (Å²) in [5.41, 5.74) is -0.225. The lowest BCUT2D eigenvalue weighted by atomic mass is 10.2. The molecule has 1 N–H and O–H groups in total. The molecule has 0 aliphatic heterocycles. The first kappa shape index (κ1) is 14.2. The minimum atomic E-state index is -0.519. The molecule has 0 radical (unpaired) electrons. The molecule has 18 heavy (non-hydrogen) atoms. The van der Waals surface area contributed by atoms with E-state index in [-0.39, 0.29) is 5.78 Å². The average Bonchev–Trinajstić information content (AvgIpc) is 2.63. The second-order valence-corrected chi connectivity index (χ2v) is 4.86. The summed E-state index contributed by atoms with van der Waals surface area (Å²) < 4.78 is 10.1. The number of hydrogen-bond donors (Lipinski definition) is 1. The highest BCUT2D eigenvalue weighted by Gasteiger charge is 2.15. The van der Waals surface area contributed by atoms with E-state index >= 15 is 0 Å². The van der Waals surface area contributed by atoms with Crippen LogP contribution in [0.15, 0.2) is 10.7 Å². The predicted molar refractivity (Wildman–Crippen MR) is 64.4 cm³/mol. The molecule has 0 aliphatic rings. The molecule has 0 bridgehead atoms. The lowest BCUT2D eigenvalue weighted by Gasteiger charge is -2.19. The molecule has 100 valence electrons. The molecule has 0 fully saturated rings. The second-order valence-electron chi connectivity index (χ2n) is 4.86. The first-order chi connectivity index (χ1) is 8.28. The van der Waals surface area contributed by atoms with Gasteiger partial charge in [-0.3, -0.25) is 4.79 Å². The van der Waals surface area contributed by atoms with Crippen LogP contribution in [0, 0.1) is 0 Å². The molecule has 0 saturated carbocycles. The van der Waals surface area contributed by atoms with Crippen LogP contribution in [0.3, 0.4) is 0 Å². The van der Waals surface area contributed by atoms with Crippen LogP contribution < -0.4 is 5.32 Å². The Balaban J connectivity index is 2.33. The van der Waals surface area contributed by atoms with Crippen LogP contribution in [0.5, 0.6) is 0 Å². The minimum Gasteiger partial charge on any atom is -0.448 e. The van der Waals surface area contributed by atoms with E-state index in [1.54, 1.807) is 20.8 Å². The lowest BCUT2D eigenvalue weighted by Crippen LogP contribution is -2.33. The molecule has 1 amide bonds. The Morgan fingerprint density at radius 1 is 1.44 bits per heavy atom. The summed E-state index contributed by atoms with van der Waals surface area (Å²) in [6, 6.07) is 0. The van der Waals surface area contributed by atoms with Crippen LogP contribution in [0.25, 0.3) is 0 Å². The molecule has 0 atom stereocenters. The Kier molecular flexibility index (Phi) is 4.47. The Labute approximate surface area is 106 Å². The highest BCUT2D eigenvalue weighted by Crippen LogP contribution is 2.06. The number of ketones is 1. The minimum absolute atomic E-state index is 0.148. The number of carbonyl (C=O) groups excluding carboxylic acids is 2. The molecule has 0 saturated heterocycles. The van der Waals surface area contributed by atoms with Gasteiger partial charge in [-0.2, -0.15) is 0 Å². The quantitative estimate of drug-likeness (QED) is 0.830. The van der Waals surface area contributed by atoms with Crippen molar-refractivity contribution in [3.8, 4) is 0 Å². The SMILES string of the molecule is CC(=O)c1coc(CCNC(=O)OC(C)(C)C)n1. The maximum absolute atomic E-state index is 11.3. The van der Waals surface area contributed by atoms with Gasteiger partial charge in [0.1, 0.15) is 17.6 Å². The van der Waals surface area contributed by atoms with E-state index in [0.29, 0.717) is 24.6 Å². The zero-order chi connectivity index (χ0) is 13.8. The zero-order valence-corrected chi connectivity index (χ0v) is 11.1. The van der Waals surface area contributed by atoms with Gasteiger partial charge in [0.05, 0.1) is 0 Å². The number of rotatable bonds is 4. The Hall–Kier alpha value is -1.85. The summed E-state index contributed by atoms with van der Waals surface area (Å²) in [5.74, 6) is 0.265. The number of alkyl carbamates (subject to hydrolysis) is 1. The number of aromatic nitrogens is 1. The van der Waals surface area contributed by atoms with Crippen molar-refractivity contribution in [1.29, 1.82) is 0 Å². The number of nitrogens with one attached hydrogen (secondary N) is 1. The van der Waals surface area contributed by atoms with E-state index < -0.39 is 11.7 Å². The third-order valence-electron chi connectivity index (χ3n) is 1.92. The molecule has 1 aromatic heterocycles. The second kappa shape index (κ2) is 5.66. The molecule has 0 unspecified atom stereocenters. The number of nitrogens with zero attached hydrogens (tertiary/aromatic N) is 1. The standard InChI is InChI=1S/C12H18N2O4/c1-8(15)9-7-17-10(14-9)5-6-13-11(16)18-12(2,3)4/h7H,5-6H2,1-4H3,(H,13,16). The van der Waals surface area contributed by atoms with Gasteiger partial charge in [0.2, 0.25) is 0 Å². The van der Waals surface area contributed by atoms with Crippen LogP contribution in [0.1, 0.15) is 44.1 Å². The van der Waals surface area contributed by atoms with Gasteiger partial charge in [0, 0.05) is 19.9 Å². The fourth-order valence-corrected chi connectivity index (χ4v) is 1.17. The summed E-state index contributed by atoms with van der Waals surface area (Å²) >= 11 is 0. The molecular formula is C12H18N2O4. The van der Waals surface area contributed by atoms with Crippen molar-refractivity contribution in [2.75, 3.05) is 6.54 Å². The van der Waals surface area contributed by atoms with Crippen LogP contribution >= 0.6 is 0 Å². The van der Waals surface area contributed by atoms with E-state index in [1.807, 2.05) is 0 Å². The Morgan fingerprint density at radius 3 is 2.61 bits per heavy atom. The number of ether oxygens (including phenoxy) is 1. The molecule has 6 nitrogen and oxygen atoms in total. The largest absolute Gasteiger partial charge is 0.448 e. The van der Waals surface area contributed by atoms with Crippen molar-refractivity contribution in [2.45, 2.75) is 39.7 Å². The van der Waals surface area contributed by atoms with Gasteiger partial charge in [0.25, 0.3) is 0 Å². The van der Waals surface area contributed by atoms with Crippen molar-refractivity contribution < 1.29 is 18.7 Å². The zero-order valence-electron chi connectivity index (χ0n) is 11.1. The fourth-order valence-electron chi connectivity index (χ4n) is 1.17. The lowest BCUT2D eigenvalue weighted by molar-refractivity contribution is 0.0527. The monoisotopic (exact) mass is 254 g/mol. The van der Waals surface area contributed by atoms with Gasteiger partial charge < -0.3 is 14.5 Å². The highest BCUT2D eigenvalue weighted by atomic mass is 16.6. The van der Waals surface area contributed by atoms with Crippen molar-refractivity contribution >= 4 is 11.9 Å². The first-order valence-corrected chi connectivity index (χ1v) is 5.70. The van der Waals surface area contributed by atoms with Crippen LogP contribution in [0.4, 0.5) is 4.79 Å². The highest BCUT2D eigenvalue weighted by molar-refractivity contribution is 5.91. The third-order valence-corrected chi connectivity index (χ3v) is 1.92. The first-order valence-electron chi connectivity index (χ1n) is 5.70. The van der Waals surface area contributed by atoms with E-state index in [0.717, 1.165) is 0 Å². The predicted octanol–water partition coefficient (Wildman–Crippen LogP) is 1.94. The molecule has 1 rings (SSSR count). The van der Waals surface area contributed by atoms with Crippen LogP contribution in [-0.4, -0.2) is 29.0 Å². The van der Waals surface area contributed by atoms with Gasteiger partial charge >= 0.3 is 6.09 Å². The van der Waals surface area contributed by atoms with E-state index in [9.17, 15) is 9.59 Å². The van der Waals surface area contributed by atoms with Gasteiger partial charge in [-0.1, -0.05) is 0 Å². The average molecular weight is 254 g/mol. The molecular weight excluding hydrogens is 236 g/mol. The molecule has 0 aliphatic carbocycles. The van der Waals surface area contributed by atoms with Crippen molar-refractivity contribution in [1.82, 2.24) is 10.3 Å². The van der Waals surface area contributed by atoms with Gasteiger partial charge in [-0.15, -0.1) is 0 Å². The number of oxazole rings is 1. The number of carbonyl (C=O) groups is 2. The maximum atomic E-state index is 11.3. The third kappa shape index (κ3) is 4.99. The van der Waals surface area contributed by atoms with Crippen molar-refractivity contribution in [2.24, 2.45) is 0 Å². The van der Waals surface area contributed by atoms with Crippen molar-refractivity contribution in [3.63, 3.8) is 0 Å². The molecule has 1 heterocycles. The van der Waals surface area contributed by atoms with Gasteiger partial charge in [-0.05, 0) is 20.8 Å². The number of Topliss-reactive ketones (excluding diaryl/α,β-unsaturated/α-hetero) is 1. The Bertz CT molecular complexity index is 432. The molecule has 0 aromatic carbocycles. The summed E-state index contributed by atoms with van der Waals surface area (Å²) in [4.78, 5) is 26.3. The molecule has 0 spiro atoms. The Morgan fingerprint density at radius 2 is 2.11 bits per heavy atom. The normalized spacial score (nSPS) is 11.1.